The first kappa shape index (κ1) is 18.3. The van der Waals surface area contributed by atoms with Gasteiger partial charge in [-0.2, -0.15) is 4.98 Å². The number of aromatic amines is 1. The number of carbonyl (C=O) groups is 1. The maximum atomic E-state index is 12.7. The number of hydrogen-bond acceptors (Lipinski definition) is 7. The second-order valence-electron chi connectivity index (χ2n) is 7.29. The summed E-state index contributed by atoms with van der Waals surface area (Å²) in [6.45, 7) is 3.21. The molecule has 0 bridgehead atoms. The van der Waals surface area contributed by atoms with E-state index in [4.69, 9.17) is 8.94 Å². The minimum atomic E-state index is -0.544. The molecule has 0 spiro atoms. The first-order valence-corrected chi connectivity index (χ1v) is 9.63. The van der Waals surface area contributed by atoms with E-state index in [1.165, 1.54) is 0 Å². The fourth-order valence-electron chi connectivity index (χ4n) is 3.55. The van der Waals surface area contributed by atoms with Crippen LogP contribution >= 0.6 is 0 Å². The topological polar surface area (TPSA) is 108 Å². The van der Waals surface area contributed by atoms with Crippen LogP contribution in [0.2, 0.25) is 0 Å². The summed E-state index contributed by atoms with van der Waals surface area (Å²) in [5.74, 6) is 0.116. The minimum Gasteiger partial charge on any atom is -0.407 e. The Morgan fingerprint density at radius 2 is 1.83 bits per heavy atom. The number of nitrogens with one attached hydrogen (secondary N) is 1. The summed E-state index contributed by atoms with van der Waals surface area (Å²) in [4.78, 5) is 35.3. The second kappa shape index (κ2) is 7.27. The van der Waals surface area contributed by atoms with Gasteiger partial charge in [0.2, 0.25) is 5.82 Å². The van der Waals surface area contributed by atoms with Crippen molar-refractivity contribution in [1.29, 1.82) is 0 Å². The Hall–Kier alpha value is -3.72. The molecule has 0 aliphatic carbocycles. The Morgan fingerprint density at radius 3 is 2.60 bits per heavy atom. The zero-order valence-corrected chi connectivity index (χ0v) is 16.3. The van der Waals surface area contributed by atoms with Crippen LogP contribution in [0.5, 0.6) is 0 Å². The highest BCUT2D eigenvalue weighted by Gasteiger charge is 2.21. The summed E-state index contributed by atoms with van der Waals surface area (Å²) in [7, 11) is 2.06. The fourth-order valence-corrected chi connectivity index (χ4v) is 3.55. The molecule has 0 radical (unpaired) electrons. The minimum absolute atomic E-state index is 0.0256. The molecule has 2 aromatic heterocycles. The van der Waals surface area contributed by atoms with Gasteiger partial charge in [0.05, 0.1) is 11.1 Å². The van der Waals surface area contributed by atoms with Crippen molar-refractivity contribution in [1.82, 2.24) is 24.9 Å². The van der Waals surface area contributed by atoms with E-state index in [1.54, 1.807) is 42.5 Å². The smallest absolute Gasteiger partial charge is 0.407 e. The molecule has 1 fully saturated rings. The molecule has 0 unspecified atom stereocenters. The summed E-state index contributed by atoms with van der Waals surface area (Å²) < 4.78 is 10.6. The van der Waals surface area contributed by atoms with E-state index in [0.29, 0.717) is 28.1 Å². The molecule has 1 aliphatic heterocycles. The van der Waals surface area contributed by atoms with Crippen LogP contribution in [0.1, 0.15) is 10.4 Å². The summed E-state index contributed by atoms with van der Waals surface area (Å²) in [6.07, 6.45) is 0. The predicted octanol–water partition coefficient (Wildman–Crippen LogP) is 2.23. The fraction of sp³-hybridized carbons (Fsp3) is 0.238. The highest BCUT2D eigenvalue weighted by atomic mass is 16.5. The number of benzene rings is 2. The third-order valence-corrected chi connectivity index (χ3v) is 5.28. The molecule has 5 rings (SSSR count). The number of piperazine rings is 1. The number of nitrogens with zero attached hydrogens (tertiary/aromatic N) is 4. The van der Waals surface area contributed by atoms with Crippen molar-refractivity contribution in [2.24, 2.45) is 0 Å². The molecule has 1 N–H and O–H groups in total. The molecule has 3 heterocycles. The monoisotopic (exact) mass is 405 g/mol. The van der Waals surface area contributed by atoms with E-state index in [9.17, 15) is 9.59 Å². The number of para-hydroxylation sites is 1. The Morgan fingerprint density at radius 1 is 1.07 bits per heavy atom. The van der Waals surface area contributed by atoms with Gasteiger partial charge in [0.15, 0.2) is 5.58 Å². The number of fused-ring (bicyclic) bond motifs is 1. The first-order valence-electron chi connectivity index (χ1n) is 9.63. The van der Waals surface area contributed by atoms with Gasteiger partial charge in [0, 0.05) is 37.3 Å². The van der Waals surface area contributed by atoms with Crippen LogP contribution in [0.4, 0.5) is 0 Å². The third kappa shape index (κ3) is 3.29. The van der Waals surface area contributed by atoms with E-state index >= 15 is 0 Å². The molecule has 0 saturated carbocycles. The normalized spacial score (nSPS) is 15.0. The number of likely N-dealkylation sites (N-methyl/N-ethyl adjacent to an activating group) is 1. The van der Waals surface area contributed by atoms with Gasteiger partial charge in [0.25, 0.3) is 11.8 Å². The molecule has 9 heteroatoms. The van der Waals surface area contributed by atoms with Crippen molar-refractivity contribution < 1.29 is 13.7 Å². The van der Waals surface area contributed by atoms with Gasteiger partial charge in [-0.05, 0) is 31.3 Å². The second-order valence-corrected chi connectivity index (χ2v) is 7.29. The zero-order valence-electron chi connectivity index (χ0n) is 16.3. The van der Waals surface area contributed by atoms with Crippen LogP contribution in [0.3, 0.4) is 0 Å². The highest BCUT2D eigenvalue weighted by Crippen LogP contribution is 2.28. The maximum absolute atomic E-state index is 12.7. The number of amides is 1. The summed E-state index contributed by atoms with van der Waals surface area (Å²) in [5.41, 5.74) is 2.81. The Labute approximate surface area is 170 Å². The van der Waals surface area contributed by atoms with Crippen molar-refractivity contribution >= 4 is 17.0 Å². The molecule has 0 atom stereocenters. The molecule has 30 heavy (non-hydrogen) atoms. The molecule has 1 aliphatic rings. The molecule has 152 valence electrons. The summed E-state index contributed by atoms with van der Waals surface area (Å²) >= 11 is 0. The van der Waals surface area contributed by atoms with Crippen LogP contribution in [0, 0.1) is 0 Å². The molecule has 4 aromatic rings. The maximum Gasteiger partial charge on any atom is 0.417 e. The largest absolute Gasteiger partial charge is 0.417 e. The number of hydrogen-bond donors (Lipinski definition) is 1. The Kier molecular flexibility index (Phi) is 4.44. The van der Waals surface area contributed by atoms with Gasteiger partial charge in [0.1, 0.15) is 0 Å². The third-order valence-electron chi connectivity index (χ3n) is 5.28. The van der Waals surface area contributed by atoms with Crippen LogP contribution in [0.15, 0.2) is 56.2 Å². The lowest BCUT2D eigenvalue weighted by Crippen LogP contribution is -2.47. The standard InChI is InChI=1S/C21H19N5O4/c1-25-9-11-26(12-10-25)20(27)14-7-5-13(6-8-14)18-23-19(30-24-18)15-3-2-4-16-17(15)29-21(28)22-16/h2-8H,9-12H2,1H3,(H,22,28). The number of aromatic nitrogens is 3. The molecule has 2 aromatic carbocycles. The van der Waals surface area contributed by atoms with Crippen molar-refractivity contribution in [2.45, 2.75) is 0 Å². The quantitative estimate of drug-likeness (QED) is 0.557. The predicted molar refractivity (Wildman–Crippen MR) is 109 cm³/mol. The van der Waals surface area contributed by atoms with Gasteiger partial charge in [-0.15, -0.1) is 0 Å². The summed E-state index contributed by atoms with van der Waals surface area (Å²) in [5, 5.41) is 4.03. The number of oxazole rings is 1. The van der Waals surface area contributed by atoms with Crippen LogP contribution in [0.25, 0.3) is 33.9 Å². The van der Waals surface area contributed by atoms with Crippen molar-refractivity contribution in [3.05, 3.63) is 58.6 Å². The average Bonchev–Trinajstić information content (AvgIpc) is 3.40. The lowest BCUT2D eigenvalue weighted by Gasteiger charge is -2.32. The van der Waals surface area contributed by atoms with E-state index in [-0.39, 0.29) is 11.8 Å². The molecule has 9 nitrogen and oxygen atoms in total. The van der Waals surface area contributed by atoms with Crippen LogP contribution in [-0.2, 0) is 0 Å². The number of carbonyl (C=O) groups excluding carboxylic acids is 1. The Balaban J connectivity index is 1.39. The van der Waals surface area contributed by atoms with Gasteiger partial charge >= 0.3 is 5.76 Å². The number of H-pyrrole nitrogens is 1. The lowest BCUT2D eigenvalue weighted by molar-refractivity contribution is 0.0664. The highest BCUT2D eigenvalue weighted by molar-refractivity contribution is 5.94. The van der Waals surface area contributed by atoms with Crippen molar-refractivity contribution in [3.63, 3.8) is 0 Å². The molecule has 1 amide bonds. The molecule has 1 saturated heterocycles. The summed E-state index contributed by atoms with van der Waals surface area (Å²) in [6, 6.07) is 12.4. The van der Waals surface area contributed by atoms with Gasteiger partial charge in [-0.25, -0.2) is 4.79 Å². The number of rotatable bonds is 3. The SMILES string of the molecule is CN1CCN(C(=O)c2ccc(-c3noc(-c4cccc5[nH]c(=O)oc45)n3)cc2)CC1. The first-order chi connectivity index (χ1) is 14.6. The molecular weight excluding hydrogens is 386 g/mol. The lowest BCUT2D eigenvalue weighted by atomic mass is 10.1. The van der Waals surface area contributed by atoms with E-state index < -0.39 is 5.76 Å². The zero-order chi connectivity index (χ0) is 20.7. The average molecular weight is 405 g/mol. The van der Waals surface area contributed by atoms with Crippen molar-refractivity contribution in [2.75, 3.05) is 33.2 Å². The van der Waals surface area contributed by atoms with Crippen molar-refractivity contribution in [3.8, 4) is 22.8 Å². The van der Waals surface area contributed by atoms with Crippen LogP contribution < -0.4 is 5.76 Å². The molecular formula is C21H19N5O4. The van der Waals surface area contributed by atoms with E-state index in [1.807, 2.05) is 4.90 Å². The van der Waals surface area contributed by atoms with Gasteiger partial charge in [-0.3, -0.25) is 9.78 Å². The van der Waals surface area contributed by atoms with Crippen LogP contribution in [-0.4, -0.2) is 64.1 Å². The Bertz CT molecular complexity index is 1260. The van der Waals surface area contributed by atoms with E-state index in [2.05, 4.69) is 27.1 Å². The van der Waals surface area contributed by atoms with E-state index in [0.717, 1.165) is 31.7 Å². The van der Waals surface area contributed by atoms with Gasteiger partial charge < -0.3 is 18.7 Å². The van der Waals surface area contributed by atoms with Gasteiger partial charge in [-0.1, -0.05) is 23.4 Å².